The van der Waals surface area contributed by atoms with Crippen LogP contribution in [-0.2, 0) is 5.75 Å². The Morgan fingerprint density at radius 2 is 2.27 bits per heavy atom. The largest absolute Gasteiger partial charge is 0.455 e. The highest BCUT2D eigenvalue weighted by Crippen LogP contribution is 2.41. The first-order valence-corrected chi connectivity index (χ1v) is 8.88. The molecule has 1 aliphatic carbocycles. The molecular weight excluding hydrogens is 296 g/mol. The third kappa shape index (κ3) is 3.35. The lowest BCUT2D eigenvalue weighted by atomic mass is 10.0. The number of hydrogen-bond acceptors (Lipinski definition) is 4. The van der Waals surface area contributed by atoms with Gasteiger partial charge in [-0.2, -0.15) is 11.8 Å². The maximum Gasteiger partial charge on any atom is 0.287 e. The van der Waals surface area contributed by atoms with Crippen molar-refractivity contribution in [2.45, 2.75) is 31.6 Å². The molecule has 0 spiro atoms. The van der Waals surface area contributed by atoms with Gasteiger partial charge in [-0.3, -0.25) is 9.78 Å². The van der Waals surface area contributed by atoms with Crippen molar-refractivity contribution >= 4 is 17.7 Å². The van der Waals surface area contributed by atoms with Crippen LogP contribution in [0.15, 0.2) is 34.9 Å². The summed E-state index contributed by atoms with van der Waals surface area (Å²) in [6, 6.07) is 7.54. The van der Waals surface area contributed by atoms with Gasteiger partial charge < -0.3 is 9.73 Å². The molecule has 1 fully saturated rings. The second-order valence-corrected chi connectivity index (χ2v) is 6.56. The number of amides is 1. The molecular formula is C17H20N2O2S. The van der Waals surface area contributed by atoms with E-state index in [4.69, 9.17) is 4.42 Å². The van der Waals surface area contributed by atoms with Gasteiger partial charge in [-0.05, 0) is 55.7 Å². The molecule has 1 unspecified atom stereocenters. The van der Waals surface area contributed by atoms with E-state index in [-0.39, 0.29) is 11.9 Å². The van der Waals surface area contributed by atoms with E-state index in [1.807, 2.05) is 31.4 Å². The maximum atomic E-state index is 12.5. The Kier molecular flexibility index (Phi) is 4.52. The average Bonchev–Trinajstić information content (AvgIpc) is 3.25. The van der Waals surface area contributed by atoms with Gasteiger partial charge in [-0.25, -0.2) is 0 Å². The summed E-state index contributed by atoms with van der Waals surface area (Å²) >= 11 is 1.67. The van der Waals surface area contributed by atoms with Crippen LogP contribution < -0.4 is 5.32 Å². The fraction of sp³-hybridized carbons (Fsp3) is 0.412. The van der Waals surface area contributed by atoms with Gasteiger partial charge in [0.25, 0.3) is 5.91 Å². The van der Waals surface area contributed by atoms with Crippen molar-refractivity contribution in [3.05, 3.63) is 53.2 Å². The minimum atomic E-state index is -0.158. The summed E-state index contributed by atoms with van der Waals surface area (Å²) in [6.07, 6.45) is 6.07. The lowest BCUT2D eigenvalue weighted by Crippen LogP contribution is -2.30. The predicted molar refractivity (Wildman–Crippen MR) is 87.8 cm³/mol. The van der Waals surface area contributed by atoms with Crippen LogP contribution in [0.1, 0.15) is 46.5 Å². The molecule has 1 atom stereocenters. The third-order valence-electron chi connectivity index (χ3n) is 3.90. The zero-order valence-corrected chi connectivity index (χ0v) is 13.7. The van der Waals surface area contributed by atoms with Crippen molar-refractivity contribution in [2.24, 2.45) is 5.92 Å². The Labute approximate surface area is 134 Å². The SMILES string of the molecule is CSCc1ccc(C(=O)NC(c2ncccc2C)C2CC2)o1. The van der Waals surface area contributed by atoms with Crippen LogP contribution in [0.25, 0.3) is 0 Å². The molecule has 0 aromatic carbocycles. The summed E-state index contributed by atoms with van der Waals surface area (Å²) in [4.78, 5) is 16.9. The van der Waals surface area contributed by atoms with E-state index < -0.39 is 0 Å². The molecule has 116 valence electrons. The summed E-state index contributed by atoms with van der Waals surface area (Å²) in [5.41, 5.74) is 2.08. The highest BCUT2D eigenvalue weighted by molar-refractivity contribution is 7.97. The fourth-order valence-corrected chi connectivity index (χ4v) is 3.03. The number of thioether (sulfide) groups is 1. The molecule has 0 radical (unpaired) electrons. The van der Waals surface area contributed by atoms with Crippen LogP contribution in [0.3, 0.4) is 0 Å². The third-order valence-corrected chi connectivity index (χ3v) is 4.47. The number of pyridine rings is 1. The Bertz CT molecular complexity index is 664. The van der Waals surface area contributed by atoms with Crippen LogP contribution in [-0.4, -0.2) is 17.1 Å². The summed E-state index contributed by atoms with van der Waals surface area (Å²) in [5, 5.41) is 3.11. The smallest absolute Gasteiger partial charge is 0.287 e. The van der Waals surface area contributed by atoms with Gasteiger partial charge in [0.05, 0.1) is 17.5 Å². The Morgan fingerprint density at radius 3 is 2.95 bits per heavy atom. The number of rotatable bonds is 6. The number of aryl methyl sites for hydroxylation is 1. The first kappa shape index (κ1) is 15.2. The van der Waals surface area contributed by atoms with Crippen molar-refractivity contribution in [2.75, 3.05) is 6.26 Å². The van der Waals surface area contributed by atoms with Crippen molar-refractivity contribution in [1.82, 2.24) is 10.3 Å². The van der Waals surface area contributed by atoms with E-state index in [2.05, 4.69) is 10.3 Å². The van der Waals surface area contributed by atoms with Crippen molar-refractivity contribution in [3.63, 3.8) is 0 Å². The van der Waals surface area contributed by atoms with Crippen molar-refractivity contribution < 1.29 is 9.21 Å². The monoisotopic (exact) mass is 316 g/mol. The molecule has 2 aromatic heterocycles. The quantitative estimate of drug-likeness (QED) is 0.882. The molecule has 2 heterocycles. The summed E-state index contributed by atoms with van der Waals surface area (Å²) in [5.74, 6) is 2.31. The summed E-state index contributed by atoms with van der Waals surface area (Å²) in [6.45, 7) is 2.04. The van der Waals surface area contributed by atoms with E-state index in [0.717, 1.165) is 35.6 Å². The molecule has 1 saturated carbocycles. The standard InChI is InChI=1S/C17H20N2O2S/c1-11-4-3-9-18-15(11)16(12-5-6-12)19-17(20)14-8-7-13(21-14)10-22-2/h3-4,7-9,12,16H,5-6,10H2,1-2H3,(H,19,20). The van der Waals surface area contributed by atoms with Gasteiger partial charge >= 0.3 is 0 Å². The van der Waals surface area contributed by atoms with Gasteiger partial charge in [0, 0.05) is 6.20 Å². The van der Waals surface area contributed by atoms with Crippen molar-refractivity contribution in [1.29, 1.82) is 0 Å². The second kappa shape index (κ2) is 6.57. The van der Waals surface area contributed by atoms with Crippen LogP contribution in [0.4, 0.5) is 0 Å². The summed E-state index contributed by atoms with van der Waals surface area (Å²) < 4.78 is 5.60. The number of nitrogens with zero attached hydrogens (tertiary/aromatic N) is 1. The Hall–Kier alpha value is -1.75. The fourth-order valence-electron chi connectivity index (χ4n) is 2.59. The van der Waals surface area contributed by atoms with E-state index >= 15 is 0 Å². The van der Waals surface area contributed by atoms with E-state index in [0.29, 0.717) is 11.7 Å². The van der Waals surface area contributed by atoms with Crippen LogP contribution in [0.2, 0.25) is 0 Å². The minimum Gasteiger partial charge on any atom is -0.455 e. The minimum absolute atomic E-state index is 0.0252. The Balaban J connectivity index is 1.76. The molecule has 2 aromatic rings. The number of furan rings is 1. The predicted octanol–water partition coefficient (Wildman–Crippen LogP) is 3.73. The lowest BCUT2D eigenvalue weighted by Gasteiger charge is -2.18. The molecule has 5 heteroatoms. The molecule has 22 heavy (non-hydrogen) atoms. The first-order valence-electron chi connectivity index (χ1n) is 7.49. The molecule has 3 rings (SSSR count). The van der Waals surface area contributed by atoms with Crippen LogP contribution in [0.5, 0.6) is 0 Å². The molecule has 0 aliphatic heterocycles. The van der Waals surface area contributed by atoms with Gasteiger partial charge in [-0.15, -0.1) is 0 Å². The van der Waals surface area contributed by atoms with Gasteiger partial charge in [0.15, 0.2) is 5.76 Å². The zero-order valence-electron chi connectivity index (χ0n) is 12.8. The number of hydrogen-bond donors (Lipinski definition) is 1. The van der Waals surface area contributed by atoms with Crippen LogP contribution in [0, 0.1) is 12.8 Å². The molecule has 1 aliphatic rings. The molecule has 1 amide bonds. The highest BCUT2D eigenvalue weighted by Gasteiger charge is 2.35. The molecule has 4 nitrogen and oxygen atoms in total. The average molecular weight is 316 g/mol. The molecule has 0 saturated heterocycles. The van der Waals surface area contributed by atoms with E-state index in [1.165, 1.54) is 0 Å². The number of carbonyl (C=O) groups excluding carboxylic acids is 1. The normalized spacial score (nSPS) is 15.5. The van der Waals surface area contributed by atoms with Gasteiger partial charge in [0.1, 0.15) is 5.76 Å². The number of aromatic nitrogens is 1. The number of nitrogens with one attached hydrogen (secondary N) is 1. The molecule has 0 bridgehead atoms. The van der Waals surface area contributed by atoms with Gasteiger partial charge in [0.2, 0.25) is 0 Å². The number of carbonyl (C=O) groups is 1. The topological polar surface area (TPSA) is 55.1 Å². The first-order chi connectivity index (χ1) is 10.7. The Morgan fingerprint density at radius 1 is 1.45 bits per heavy atom. The molecule has 1 N–H and O–H groups in total. The lowest BCUT2D eigenvalue weighted by molar-refractivity contribution is 0.0901. The van der Waals surface area contributed by atoms with E-state index in [1.54, 1.807) is 24.0 Å². The van der Waals surface area contributed by atoms with Gasteiger partial charge in [-0.1, -0.05) is 6.07 Å². The summed E-state index contributed by atoms with van der Waals surface area (Å²) in [7, 11) is 0. The maximum absolute atomic E-state index is 12.5. The van der Waals surface area contributed by atoms with Crippen LogP contribution >= 0.6 is 11.8 Å². The van der Waals surface area contributed by atoms with E-state index in [9.17, 15) is 4.79 Å². The second-order valence-electron chi connectivity index (χ2n) is 5.69. The van der Waals surface area contributed by atoms with Crippen molar-refractivity contribution in [3.8, 4) is 0 Å². The highest BCUT2D eigenvalue weighted by atomic mass is 32.2. The zero-order chi connectivity index (χ0) is 15.5.